The minimum absolute atomic E-state index is 0.0561. The van der Waals surface area contributed by atoms with Gasteiger partial charge in [-0.25, -0.2) is 9.78 Å². The van der Waals surface area contributed by atoms with E-state index in [2.05, 4.69) is 48.4 Å². The molecular weight excluding hydrogens is 358 g/mol. The van der Waals surface area contributed by atoms with Crippen molar-refractivity contribution < 1.29 is 4.79 Å². The Morgan fingerprint density at radius 2 is 1.93 bits per heavy atom. The van der Waals surface area contributed by atoms with E-state index in [1.807, 2.05) is 17.5 Å². The van der Waals surface area contributed by atoms with Gasteiger partial charge in [0.1, 0.15) is 6.54 Å². The lowest BCUT2D eigenvalue weighted by atomic mass is 9.95. The van der Waals surface area contributed by atoms with E-state index < -0.39 is 5.69 Å². The molecule has 0 unspecified atom stereocenters. The first-order valence-corrected chi connectivity index (χ1v) is 9.90. The quantitative estimate of drug-likeness (QED) is 0.678. The summed E-state index contributed by atoms with van der Waals surface area (Å²) in [5, 5.41) is 5.05. The van der Waals surface area contributed by atoms with Crippen molar-refractivity contribution in [3.63, 3.8) is 0 Å². The Balaban J connectivity index is 1.81. The van der Waals surface area contributed by atoms with Gasteiger partial charge in [-0.05, 0) is 41.0 Å². The Labute approximate surface area is 162 Å². The van der Waals surface area contributed by atoms with Crippen molar-refractivity contribution in [2.24, 2.45) is 0 Å². The van der Waals surface area contributed by atoms with E-state index in [4.69, 9.17) is 0 Å². The highest BCUT2D eigenvalue weighted by atomic mass is 32.1. The lowest BCUT2D eigenvalue weighted by Gasteiger charge is -2.19. The molecule has 2 aromatic heterocycles. The summed E-state index contributed by atoms with van der Waals surface area (Å²) in [6, 6.07) is 13.8. The predicted octanol–water partition coefficient (Wildman–Crippen LogP) is 3.72. The number of nitrogens with zero attached hydrogens (tertiary/aromatic N) is 2. The molecule has 0 aliphatic rings. The molecule has 0 aliphatic carbocycles. The Hall–Kier alpha value is -2.73. The number of thiophene rings is 1. The van der Waals surface area contributed by atoms with Crippen molar-refractivity contribution in [3.8, 4) is 0 Å². The maximum atomic E-state index is 12.6. The van der Waals surface area contributed by atoms with E-state index in [-0.39, 0.29) is 18.5 Å². The van der Waals surface area contributed by atoms with Crippen molar-refractivity contribution >= 4 is 17.2 Å². The van der Waals surface area contributed by atoms with Crippen molar-refractivity contribution in [2.45, 2.75) is 38.8 Å². The summed E-state index contributed by atoms with van der Waals surface area (Å²) in [5.74, 6) is 0.279. The normalized spacial score (nSPS) is 13.1. The molecule has 0 aliphatic heterocycles. The van der Waals surface area contributed by atoms with Gasteiger partial charge in [0, 0.05) is 17.3 Å². The highest BCUT2D eigenvalue weighted by molar-refractivity contribution is 7.10. The average molecular weight is 382 g/mol. The summed E-state index contributed by atoms with van der Waals surface area (Å²) in [6.07, 6.45) is 4.07. The number of carbonyl (C=O) groups is 1. The SMILES string of the molecule is CC[C@@H](C)c1ccc([C@H](NC(=O)Cn2cccnc2=O)c2cccs2)cc1. The molecule has 1 amide bonds. The standard InChI is InChI=1S/C21H23N3O2S/c1-3-15(2)16-7-9-17(10-8-16)20(18-6-4-13-27-18)23-19(25)14-24-12-5-11-22-21(24)26/h4-13,15,20H,3,14H2,1-2H3,(H,23,25)/t15-,20+/m1/s1. The number of hydrogen-bond donors (Lipinski definition) is 1. The number of amides is 1. The molecular formula is C21H23N3O2S. The van der Waals surface area contributed by atoms with Gasteiger partial charge in [0.15, 0.2) is 0 Å². The van der Waals surface area contributed by atoms with Crippen LogP contribution in [0.4, 0.5) is 0 Å². The van der Waals surface area contributed by atoms with Crippen LogP contribution in [0.3, 0.4) is 0 Å². The maximum absolute atomic E-state index is 12.6. The van der Waals surface area contributed by atoms with Gasteiger partial charge in [-0.15, -0.1) is 11.3 Å². The minimum atomic E-state index is -0.432. The molecule has 0 spiro atoms. The van der Waals surface area contributed by atoms with Crippen LogP contribution in [0.1, 0.15) is 48.2 Å². The van der Waals surface area contributed by atoms with Crippen LogP contribution in [0, 0.1) is 0 Å². The Morgan fingerprint density at radius 3 is 2.56 bits per heavy atom. The minimum Gasteiger partial charge on any atom is -0.343 e. The zero-order valence-corrected chi connectivity index (χ0v) is 16.3. The van der Waals surface area contributed by atoms with Gasteiger partial charge >= 0.3 is 5.69 Å². The highest BCUT2D eigenvalue weighted by Crippen LogP contribution is 2.28. The largest absolute Gasteiger partial charge is 0.347 e. The number of nitrogens with one attached hydrogen (secondary N) is 1. The third-order valence-corrected chi connectivity index (χ3v) is 5.62. The molecule has 2 heterocycles. The van der Waals surface area contributed by atoms with Crippen molar-refractivity contribution in [3.05, 3.63) is 86.7 Å². The number of aromatic nitrogens is 2. The van der Waals surface area contributed by atoms with Gasteiger partial charge in [0.25, 0.3) is 0 Å². The molecule has 27 heavy (non-hydrogen) atoms. The topological polar surface area (TPSA) is 64.0 Å². The summed E-state index contributed by atoms with van der Waals surface area (Å²) in [5.41, 5.74) is 1.88. The monoisotopic (exact) mass is 381 g/mol. The van der Waals surface area contributed by atoms with Crippen molar-refractivity contribution in [1.29, 1.82) is 0 Å². The highest BCUT2D eigenvalue weighted by Gasteiger charge is 2.18. The predicted molar refractivity (Wildman–Crippen MR) is 108 cm³/mol. The molecule has 6 heteroatoms. The molecule has 3 aromatic rings. The fraction of sp³-hybridized carbons (Fsp3) is 0.286. The van der Waals surface area contributed by atoms with E-state index in [0.29, 0.717) is 5.92 Å². The zero-order chi connectivity index (χ0) is 19.2. The second kappa shape index (κ2) is 8.77. The summed E-state index contributed by atoms with van der Waals surface area (Å²) in [6.45, 7) is 4.33. The Morgan fingerprint density at radius 1 is 1.19 bits per heavy atom. The van der Waals surface area contributed by atoms with E-state index in [0.717, 1.165) is 16.9 Å². The molecule has 5 nitrogen and oxygen atoms in total. The van der Waals surface area contributed by atoms with Crippen LogP contribution in [0.25, 0.3) is 0 Å². The van der Waals surface area contributed by atoms with Gasteiger partial charge in [0.05, 0.1) is 6.04 Å². The second-order valence-electron chi connectivity index (χ2n) is 6.52. The van der Waals surface area contributed by atoms with Crippen LogP contribution >= 0.6 is 11.3 Å². The molecule has 0 saturated heterocycles. The maximum Gasteiger partial charge on any atom is 0.347 e. The Bertz CT molecular complexity index is 933. The van der Waals surface area contributed by atoms with Crippen LogP contribution in [0.15, 0.2) is 65.0 Å². The van der Waals surface area contributed by atoms with Crippen LogP contribution < -0.4 is 11.0 Å². The van der Waals surface area contributed by atoms with Gasteiger partial charge in [-0.3, -0.25) is 9.36 Å². The van der Waals surface area contributed by atoms with Crippen LogP contribution in [-0.4, -0.2) is 15.5 Å². The molecule has 140 valence electrons. The molecule has 3 rings (SSSR count). The average Bonchev–Trinajstić information content (AvgIpc) is 3.22. The van der Waals surface area contributed by atoms with E-state index in [1.54, 1.807) is 23.6 Å². The first kappa shape index (κ1) is 19.0. The lowest BCUT2D eigenvalue weighted by molar-refractivity contribution is -0.122. The molecule has 0 fully saturated rings. The van der Waals surface area contributed by atoms with Gasteiger partial charge in [-0.2, -0.15) is 0 Å². The molecule has 1 aromatic carbocycles. The number of hydrogen-bond acceptors (Lipinski definition) is 4. The van der Waals surface area contributed by atoms with E-state index in [1.165, 1.54) is 16.3 Å². The van der Waals surface area contributed by atoms with Crippen LogP contribution in [0.2, 0.25) is 0 Å². The smallest absolute Gasteiger partial charge is 0.343 e. The van der Waals surface area contributed by atoms with Crippen molar-refractivity contribution in [2.75, 3.05) is 0 Å². The third-order valence-electron chi connectivity index (χ3n) is 4.68. The second-order valence-corrected chi connectivity index (χ2v) is 7.50. The zero-order valence-electron chi connectivity index (χ0n) is 15.5. The summed E-state index contributed by atoms with van der Waals surface area (Å²) in [4.78, 5) is 29.1. The Kier molecular flexibility index (Phi) is 6.19. The molecule has 0 radical (unpaired) electrons. The first-order chi connectivity index (χ1) is 13.1. The van der Waals surface area contributed by atoms with Crippen LogP contribution in [0.5, 0.6) is 0 Å². The summed E-state index contributed by atoms with van der Waals surface area (Å²) >= 11 is 1.60. The third kappa shape index (κ3) is 4.71. The van der Waals surface area contributed by atoms with Gasteiger partial charge < -0.3 is 5.32 Å². The van der Waals surface area contributed by atoms with E-state index in [9.17, 15) is 9.59 Å². The molecule has 1 N–H and O–H groups in total. The molecule has 0 bridgehead atoms. The van der Waals surface area contributed by atoms with Crippen LogP contribution in [-0.2, 0) is 11.3 Å². The number of carbonyl (C=O) groups excluding carboxylic acids is 1. The summed E-state index contributed by atoms with van der Waals surface area (Å²) in [7, 11) is 0. The first-order valence-electron chi connectivity index (χ1n) is 9.02. The lowest BCUT2D eigenvalue weighted by Crippen LogP contribution is -2.35. The van der Waals surface area contributed by atoms with E-state index >= 15 is 0 Å². The molecule has 2 atom stereocenters. The van der Waals surface area contributed by atoms with Gasteiger partial charge in [0.2, 0.25) is 5.91 Å². The summed E-state index contributed by atoms with van der Waals surface area (Å²) < 4.78 is 1.30. The fourth-order valence-corrected chi connectivity index (χ4v) is 3.70. The fourth-order valence-electron chi connectivity index (χ4n) is 2.90. The van der Waals surface area contributed by atoms with Gasteiger partial charge in [-0.1, -0.05) is 44.2 Å². The molecule has 0 saturated carbocycles. The van der Waals surface area contributed by atoms with Crippen molar-refractivity contribution in [1.82, 2.24) is 14.9 Å². The number of benzene rings is 1. The number of rotatable bonds is 7.